The molecule has 0 aliphatic heterocycles. The van der Waals surface area contributed by atoms with Gasteiger partial charge in [-0.25, -0.2) is 0 Å². The summed E-state index contributed by atoms with van der Waals surface area (Å²) in [5.41, 5.74) is 8.23. The van der Waals surface area contributed by atoms with Crippen LogP contribution in [0.3, 0.4) is 0 Å². The van der Waals surface area contributed by atoms with Gasteiger partial charge in [0.1, 0.15) is 0 Å². The highest BCUT2D eigenvalue weighted by Gasteiger charge is 2.05. The molecule has 0 aromatic carbocycles. The lowest BCUT2D eigenvalue weighted by molar-refractivity contribution is 0.684. The van der Waals surface area contributed by atoms with Crippen molar-refractivity contribution in [3.8, 4) is 0 Å². The topological polar surface area (TPSA) is 48.8 Å². The molecule has 0 aliphatic rings. The van der Waals surface area contributed by atoms with Crippen molar-refractivity contribution in [1.82, 2.24) is 14.3 Å². The Labute approximate surface area is 95.7 Å². The van der Waals surface area contributed by atoms with Gasteiger partial charge in [-0.3, -0.25) is 4.68 Å². The third kappa shape index (κ3) is 2.33. The smallest absolute Gasteiger partial charge is 0.0821 e. The first kappa shape index (κ1) is 11.0. The maximum absolute atomic E-state index is 5.97. The molecular formula is C12H18N4. The van der Waals surface area contributed by atoms with Crippen molar-refractivity contribution in [2.24, 2.45) is 12.8 Å². The standard InChI is InChI=1S/C12H18N4/c1-3-12(13)10-4-7-16(8-10)9-11-5-6-15(2)14-11/h4-8,12H,3,9,13H2,1-2H3. The van der Waals surface area contributed by atoms with E-state index in [1.54, 1.807) is 0 Å². The summed E-state index contributed by atoms with van der Waals surface area (Å²) in [5.74, 6) is 0. The Kier molecular flexibility index (Phi) is 3.10. The van der Waals surface area contributed by atoms with Gasteiger partial charge in [0.15, 0.2) is 0 Å². The predicted molar refractivity (Wildman–Crippen MR) is 64.0 cm³/mol. The molecule has 4 nitrogen and oxygen atoms in total. The Balaban J connectivity index is 2.08. The van der Waals surface area contributed by atoms with Crippen LogP contribution in [0.25, 0.3) is 0 Å². The van der Waals surface area contributed by atoms with E-state index in [2.05, 4.69) is 35.0 Å². The van der Waals surface area contributed by atoms with E-state index in [1.807, 2.05) is 24.0 Å². The molecule has 0 spiro atoms. The number of hydrogen-bond acceptors (Lipinski definition) is 2. The maximum Gasteiger partial charge on any atom is 0.0821 e. The molecule has 2 rings (SSSR count). The first-order valence-electron chi connectivity index (χ1n) is 5.59. The molecule has 2 N–H and O–H groups in total. The SMILES string of the molecule is CCC(N)c1ccn(Cc2ccn(C)n2)c1. The van der Waals surface area contributed by atoms with E-state index >= 15 is 0 Å². The molecule has 2 aromatic heterocycles. The van der Waals surface area contributed by atoms with Crippen molar-refractivity contribution in [3.63, 3.8) is 0 Å². The summed E-state index contributed by atoms with van der Waals surface area (Å²) >= 11 is 0. The van der Waals surface area contributed by atoms with Crippen molar-refractivity contribution in [3.05, 3.63) is 42.0 Å². The van der Waals surface area contributed by atoms with Gasteiger partial charge >= 0.3 is 0 Å². The van der Waals surface area contributed by atoms with Crippen LogP contribution >= 0.6 is 0 Å². The first-order valence-corrected chi connectivity index (χ1v) is 5.59. The van der Waals surface area contributed by atoms with Crippen LogP contribution in [-0.4, -0.2) is 14.3 Å². The monoisotopic (exact) mass is 218 g/mol. The summed E-state index contributed by atoms with van der Waals surface area (Å²) in [6.07, 6.45) is 7.08. The second kappa shape index (κ2) is 4.53. The van der Waals surface area contributed by atoms with Gasteiger partial charge < -0.3 is 10.3 Å². The summed E-state index contributed by atoms with van der Waals surface area (Å²) in [4.78, 5) is 0. The number of aryl methyl sites for hydroxylation is 1. The minimum atomic E-state index is 0.144. The normalized spacial score (nSPS) is 12.9. The molecular weight excluding hydrogens is 200 g/mol. The number of aromatic nitrogens is 3. The van der Waals surface area contributed by atoms with E-state index in [9.17, 15) is 0 Å². The second-order valence-electron chi connectivity index (χ2n) is 4.11. The van der Waals surface area contributed by atoms with Crippen LogP contribution in [0.5, 0.6) is 0 Å². The fourth-order valence-corrected chi connectivity index (χ4v) is 1.75. The minimum Gasteiger partial charge on any atom is -0.348 e. The first-order chi connectivity index (χ1) is 7.69. The summed E-state index contributed by atoms with van der Waals surface area (Å²) in [6, 6.07) is 4.25. The predicted octanol–water partition coefficient (Wildman–Crippen LogP) is 1.68. The van der Waals surface area contributed by atoms with Crippen LogP contribution < -0.4 is 5.73 Å². The zero-order valence-corrected chi connectivity index (χ0v) is 9.80. The molecule has 0 saturated heterocycles. The molecule has 0 fully saturated rings. The van der Waals surface area contributed by atoms with Crippen LogP contribution in [0, 0.1) is 0 Å². The third-order valence-corrected chi connectivity index (χ3v) is 2.75. The molecule has 2 aromatic rings. The van der Waals surface area contributed by atoms with Crippen LogP contribution in [0.15, 0.2) is 30.7 Å². The molecule has 86 valence electrons. The average molecular weight is 218 g/mol. The van der Waals surface area contributed by atoms with Gasteiger partial charge in [0.25, 0.3) is 0 Å². The molecule has 0 amide bonds. The summed E-state index contributed by atoms with van der Waals surface area (Å²) in [7, 11) is 1.93. The van der Waals surface area contributed by atoms with Gasteiger partial charge in [-0.05, 0) is 24.1 Å². The van der Waals surface area contributed by atoms with E-state index in [0.717, 1.165) is 18.7 Å². The van der Waals surface area contributed by atoms with Gasteiger partial charge in [0.05, 0.1) is 12.2 Å². The van der Waals surface area contributed by atoms with E-state index in [0.29, 0.717) is 0 Å². The molecule has 16 heavy (non-hydrogen) atoms. The Morgan fingerprint density at radius 2 is 2.19 bits per heavy atom. The van der Waals surface area contributed by atoms with Crippen molar-refractivity contribution in [2.45, 2.75) is 25.9 Å². The maximum atomic E-state index is 5.97. The summed E-state index contributed by atoms with van der Waals surface area (Å²) < 4.78 is 3.94. The third-order valence-electron chi connectivity index (χ3n) is 2.75. The van der Waals surface area contributed by atoms with Crippen LogP contribution in [0.4, 0.5) is 0 Å². The lowest BCUT2D eigenvalue weighted by Crippen LogP contribution is -2.07. The van der Waals surface area contributed by atoms with Crippen molar-refractivity contribution < 1.29 is 0 Å². The second-order valence-corrected chi connectivity index (χ2v) is 4.11. The van der Waals surface area contributed by atoms with E-state index in [-0.39, 0.29) is 6.04 Å². The largest absolute Gasteiger partial charge is 0.348 e. The lowest BCUT2D eigenvalue weighted by atomic mass is 10.1. The van der Waals surface area contributed by atoms with Gasteiger partial charge in [-0.15, -0.1) is 0 Å². The van der Waals surface area contributed by atoms with Crippen LogP contribution in [-0.2, 0) is 13.6 Å². The van der Waals surface area contributed by atoms with Crippen molar-refractivity contribution in [1.29, 1.82) is 0 Å². The summed E-state index contributed by atoms with van der Waals surface area (Å²) in [6.45, 7) is 2.90. The fourth-order valence-electron chi connectivity index (χ4n) is 1.75. The highest BCUT2D eigenvalue weighted by atomic mass is 15.3. The van der Waals surface area contributed by atoms with Gasteiger partial charge in [-0.2, -0.15) is 5.10 Å². The zero-order valence-electron chi connectivity index (χ0n) is 9.80. The van der Waals surface area contributed by atoms with E-state index in [1.165, 1.54) is 5.56 Å². The average Bonchev–Trinajstić information content (AvgIpc) is 2.87. The van der Waals surface area contributed by atoms with Gasteiger partial charge in [-0.1, -0.05) is 6.92 Å². The number of nitrogens with two attached hydrogens (primary N) is 1. The van der Waals surface area contributed by atoms with Crippen LogP contribution in [0.1, 0.15) is 30.6 Å². The number of hydrogen-bond donors (Lipinski definition) is 1. The number of rotatable bonds is 4. The molecule has 0 radical (unpaired) electrons. The molecule has 2 heterocycles. The molecule has 0 aliphatic carbocycles. The van der Waals surface area contributed by atoms with E-state index < -0.39 is 0 Å². The highest BCUT2D eigenvalue weighted by Crippen LogP contribution is 2.14. The fraction of sp³-hybridized carbons (Fsp3) is 0.417. The van der Waals surface area contributed by atoms with Gasteiger partial charge in [0.2, 0.25) is 0 Å². The molecule has 1 atom stereocenters. The zero-order chi connectivity index (χ0) is 11.5. The Hall–Kier alpha value is -1.55. The highest BCUT2D eigenvalue weighted by molar-refractivity contribution is 5.15. The minimum absolute atomic E-state index is 0.144. The Morgan fingerprint density at radius 3 is 2.81 bits per heavy atom. The summed E-state index contributed by atoms with van der Waals surface area (Å²) in [5, 5.41) is 4.34. The Bertz CT molecular complexity index is 455. The van der Waals surface area contributed by atoms with Crippen molar-refractivity contribution >= 4 is 0 Å². The van der Waals surface area contributed by atoms with Crippen LogP contribution in [0.2, 0.25) is 0 Å². The van der Waals surface area contributed by atoms with Gasteiger partial charge in [0, 0.05) is 31.7 Å². The quantitative estimate of drug-likeness (QED) is 0.848. The lowest BCUT2D eigenvalue weighted by Gasteiger charge is -2.05. The Morgan fingerprint density at radius 1 is 1.38 bits per heavy atom. The number of nitrogens with zero attached hydrogens (tertiary/aromatic N) is 3. The van der Waals surface area contributed by atoms with E-state index in [4.69, 9.17) is 5.73 Å². The molecule has 0 bridgehead atoms. The van der Waals surface area contributed by atoms with Crippen molar-refractivity contribution in [2.75, 3.05) is 0 Å². The molecule has 1 unspecified atom stereocenters. The molecule has 4 heteroatoms. The molecule has 0 saturated carbocycles.